The number of likely N-dealkylation sites (N-methyl/N-ethyl adjacent to an activating group) is 1. The Bertz CT molecular complexity index is 828. The standard InChI is InChI=1S/C19H17F3N2O/c1-24-15(10-12-6-3-2-4-7-12)17(25)16(18(24)23)13-8-5-9-14(11-13)19(20,21)22/h2-9,11,15H,10,23H2,1H3. The van der Waals surface area contributed by atoms with Crippen LogP contribution >= 0.6 is 0 Å². The van der Waals surface area contributed by atoms with Crippen molar-refractivity contribution in [3.05, 3.63) is 77.1 Å². The number of rotatable bonds is 3. The van der Waals surface area contributed by atoms with Crippen molar-refractivity contribution in [2.24, 2.45) is 5.73 Å². The topological polar surface area (TPSA) is 46.3 Å². The van der Waals surface area contributed by atoms with Gasteiger partial charge in [-0.15, -0.1) is 0 Å². The van der Waals surface area contributed by atoms with E-state index in [-0.39, 0.29) is 22.7 Å². The van der Waals surface area contributed by atoms with Gasteiger partial charge in [-0.2, -0.15) is 13.2 Å². The zero-order chi connectivity index (χ0) is 18.2. The summed E-state index contributed by atoms with van der Waals surface area (Å²) in [6, 6.07) is 13.6. The van der Waals surface area contributed by atoms with Crippen molar-refractivity contribution in [3.8, 4) is 0 Å². The Hall–Kier alpha value is -2.76. The third kappa shape index (κ3) is 3.24. The number of halogens is 3. The van der Waals surface area contributed by atoms with E-state index >= 15 is 0 Å². The summed E-state index contributed by atoms with van der Waals surface area (Å²) >= 11 is 0. The molecular formula is C19H17F3N2O. The molecule has 0 spiro atoms. The van der Waals surface area contributed by atoms with Gasteiger partial charge in [0.25, 0.3) is 0 Å². The number of ketones is 1. The third-order valence-corrected chi connectivity index (χ3v) is 4.40. The van der Waals surface area contributed by atoms with Crippen LogP contribution in [0.5, 0.6) is 0 Å². The minimum absolute atomic E-state index is 0.148. The summed E-state index contributed by atoms with van der Waals surface area (Å²) in [5.74, 6) is -0.0616. The lowest BCUT2D eigenvalue weighted by Gasteiger charge is -2.21. The normalized spacial score (nSPS) is 18.2. The maximum Gasteiger partial charge on any atom is 0.416 e. The summed E-state index contributed by atoms with van der Waals surface area (Å²) in [7, 11) is 1.68. The van der Waals surface area contributed by atoms with Gasteiger partial charge in [-0.25, -0.2) is 0 Å². The Kier molecular flexibility index (Phi) is 4.29. The fraction of sp³-hybridized carbons (Fsp3) is 0.211. The van der Waals surface area contributed by atoms with E-state index in [1.54, 1.807) is 11.9 Å². The number of carbonyl (C=O) groups excluding carboxylic acids is 1. The van der Waals surface area contributed by atoms with Gasteiger partial charge in [0.1, 0.15) is 5.82 Å². The smallest absolute Gasteiger partial charge is 0.385 e. The van der Waals surface area contributed by atoms with Crippen molar-refractivity contribution in [1.82, 2.24) is 4.90 Å². The molecule has 1 aliphatic rings. The van der Waals surface area contributed by atoms with Crippen LogP contribution < -0.4 is 5.73 Å². The Labute approximate surface area is 143 Å². The van der Waals surface area contributed by atoms with Gasteiger partial charge in [-0.3, -0.25) is 4.79 Å². The highest BCUT2D eigenvalue weighted by atomic mass is 19.4. The maximum atomic E-state index is 12.9. The highest BCUT2D eigenvalue weighted by Crippen LogP contribution is 2.35. The number of benzene rings is 2. The molecule has 25 heavy (non-hydrogen) atoms. The molecule has 0 fully saturated rings. The van der Waals surface area contributed by atoms with Gasteiger partial charge >= 0.3 is 6.18 Å². The number of carbonyl (C=O) groups is 1. The molecule has 0 amide bonds. The van der Waals surface area contributed by atoms with Crippen LogP contribution in [0.25, 0.3) is 5.57 Å². The molecule has 0 bridgehead atoms. The largest absolute Gasteiger partial charge is 0.416 e. The highest BCUT2D eigenvalue weighted by molar-refractivity contribution is 6.26. The van der Waals surface area contributed by atoms with E-state index in [9.17, 15) is 18.0 Å². The van der Waals surface area contributed by atoms with Gasteiger partial charge in [-0.1, -0.05) is 42.5 Å². The number of Topliss-reactive ketones (excluding diaryl/α,β-unsaturated/α-hetero) is 1. The number of alkyl halides is 3. The van der Waals surface area contributed by atoms with Crippen molar-refractivity contribution < 1.29 is 18.0 Å². The van der Waals surface area contributed by atoms with E-state index in [1.807, 2.05) is 30.3 Å². The van der Waals surface area contributed by atoms with E-state index in [0.717, 1.165) is 17.7 Å². The van der Waals surface area contributed by atoms with Crippen molar-refractivity contribution in [1.29, 1.82) is 0 Å². The molecule has 1 atom stereocenters. The highest BCUT2D eigenvalue weighted by Gasteiger charge is 2.38. The summed E-state index contributed by atoms with van der Waals surface area (Å²) in [4.78, 5) is 14.5. The predicted octanol–water partition coefficient (Wildman–Crippen LogP) is 3.46. The molecule has 2 aromatic carbocycles. The SMILES string of the molecule is CN1C(N)=C(c2cccc(C(F)(F)F)c2)C(=O)C1Cc1ccccc1. The Morgan fingerprint density at radius 3 is 2.40 bits per heavy atom. The Morgan fingerprint density at radius 2 is 1.76 bits per heavy atom. The van der Waals surface area contributed by atoms with Crippen molar-refractivity contribution in [3.63, 3.8) is 0 Å². The minimum atomic E-state index is -4.47. The average molecular weight is 346 g/mol. The Balaban J connectivity index is 1.93. The van der Waals surface area contributed by atoms with Crippen LogP contribution in [0, 0.1) is 0 Å². The summed E-state index contributed by atoms with van der Waals surface area (Å²) in [5, 5.41) is 0. The second-order valence-corrected chi connectivity index (χ2v) is 6.02. The number of hydrogen-bond donors (Lipinski definition) is 1. The molecule has 1 heterocycles. The maximum absolute atomic E-state index is 12.9. The molecule has 3 rings (SSSR count). The van der Waals surface area contributed by atoms with Crippen LogP contribution in [-0.4, -0.2) is 23.8 Å². The molecule has 0 radical (unpaired) electrons. The second kappa shape index (κ2) is 6.27. The molecule has 6 heteroatoms. The molecule has 1 aliphatic heterocycles. The zero-order valence-electron chi connectivity index (χ0n) is 13.5. The predicted molar refractivity (Wildman–Crippen MR) is 89.3 cm³/mol. The number of hydrogen-bond acceptors (Lipinski definition) is 3. The summed E-state index contributed by atoms with van der Waals surface area (Å²) in [6.45, 7) is 0. The van der Waals surface area contributed by atoms with Gasteiger partial charge in [0, 0.05) is 13.5 Å². The Morgan fingerprint density at radius 1 is 1.08 bits per heavy atom. The van der Waals surface area contributed by atoms with Crippen LogP contribution in [0.15, 0.2) is 60.4 Å². The van der Waals surface area contributed by atoms with Gasteiger partial charge in [-0.05, 0) is 23.3 Å². The van der Waals surface area contributed by atoms with E-state index in [4.69, 9.17) is 5.73 Å². The first kappa shape index (κ1) is 17.1. The second-order valence-electron chi connectivity index (χ2n) is 6.02. The van der Waals surface area contributed by atoms with Crippen molar-refractivity contribution in [2.75, 3.05) is 7.05 Å². The monoisotopic (exact) mass is 346 g/mol. The molecule has 130 valence electrons. The summed E-state index contributed by atoms with van der Waals surface area (Å²) in [5.41, 5.74) is 6.56. The first-order valence-electron chi connectivity index (χ1n) is 7.77. The van der Waals surface area contributed by atoms with Crippen molar-refractivity contribution in [2.45, 2.75) is 18.6 Å². The van der Waals surface area contributed by atoms with Gasteiger partial charge in [0.15, 0.2) is 5.78 Å². The number of nitrogens with two attached hydrogens (primary N) is 1. The van der Waals surface area contributed by atoms with Gasteiger partial charge in [0.2, 0.25) is 0 Å². The van der Waals surface area contributed by atoms with Gasteiger partial charge in [0.05, 0.1) is 17.2 Å². The molecule has 0 aliphatic carbocycles. The minimum Gasteiger partial charge on any atom is -0.385 e. The van der Waals surface area contributed by atoms with E-state index in [2.05, 4.69) is 0 Å². The fourth-order valence-electron chi connectivity index (χ4n) is 3.02. The molecule has 0 saturated carbocycles. The molecule has 1 unspecified atom stereocenters. The van der Waals surface area contributed by atoms with Crippen molar-refractivity contribution >= 4 is 11.4 Å². The average Bonchev–Trinajstić information content (AvgIpc) is 2.79. The van der Waals surface area contributed by atoms with Crippen LogP contribution in [0.3, 0.4) is 0 Å². The fourth-order valence-corrected chi connectivity index (χ4v) is 3.02. The lowest BCUT2D eigenvalue weighted by molar-refractivity contribution is -0.137. The quantitative estimate of drug-likeness (QED) is 0.926. The van der Waals surface area contributed by atoms with Crippen LogP contribution in [0.1, 0.15) is 16.7 Å². The summed E-state index contributed by atoms with van der Waals surface area (Å²) in [6.07, 6.45) is -4.03. The van der Waals surface area contributed by atoms with Gasteiger partial charge < -0.3 is 10.6 Å². The zero-order valence-corrected chi connectivity index (χ0v) is 13.5. The molecule has 0 saturated heterocycles. The lowest BCUT2D eigenvalue weighted by Crippen LogP contribution is -2.34. The molecule has 0 aromatic heterocycles. The third-order valence-electron chi connectivity index (χ3n) is 4.40. The van der Waals surface area contributed by atoms with E-state index < -0.39 is 17.8 Å². The first-order chi connectivity index (χ1) is 11.8. The van der Waals surface area contributed by atoms with Crippen LogP contribution in [0.4, 0.5) is 13.2 Å². The van der Waals surface area contributed by atoms with E-state index in [0.29, 0.717) is 6.42 Å². The number of nitrogens with zero attached hydrogens (tertiary/aromatic N) is 1. The van der Waals surface area contributed by atoms with Crippen LogP contribution in [0.2, 0.25) is 0 Å². The lowest BCUT2D eigenvalue weighted by atomic mass is 9.95. The van der Waals surface area contributed by atoms with E-state index in [1.165, 1.54) is 12.1 Å². The molecule has 2 N–H and O–H groups in total. The van der Waals surface area contributed by atoms with Crippen LogP contribution in [-0.2, 0) is 17.4 Å². The molecule has 2 aromatic rings. The summed E-state index contributed by atoms with van der Waals surface area (Å²) < 4.78 is 38.8. The first-order valence-corrected chi connectivity index (χ1v) is 7.77. The molecular weight excluding hydrogens is 329 g/mol. The molecule has 3 nitrogen and oxygen atoms in total.